The monoisotopic (exact) mass is 236 g/mol. The summed E-state index contributed by atoms with van der Waals surface area (Å²) < 4.78 is 10.3. The molecule has 1 atom stereocenters. The van der Waals surface area contributed by atoms with Crippen molar-refractivity contribution in [1.82, 2.24) is 4.57 Å². The number of ether oxygens (including phenoxy) is 1. The first-order valence-corrected chi connectivity index (χ1v) is 6.34. The van der Waals surface area contributed by atoms with Gasteiger partial charge in [-0.3, -0.25) is 0 Å². The highest BCUT2D eigenvalue weighted by atomic mass is 16.6. The zero-order valence-electron chi connectivity index (χ0n) is 11.5. The Hall–Kier alpha value is -0.830. The molecule has 1 aliphatic carbocycles. The fraction of sp³-hybridized carbons (Fsp3) is 0.714. The van der Waals surface area contributed by atoms with Crippen molar-refractivity contribution in [1.29, 1.82) is 0 Å². The first-order valence-electron chi connectivity index (χ1n) is 6.34. The van der Waals surface area contributed by atoms with E-state index in [4.69, 9.17) is 4.74 Å². The summed E-state index contributed by atoms with van der Waals surface area (Å²) >= 11 is 0. The molecule has 2 fully saturated rings. The standard InChI is InChI=1S/C13H21N2O.CH3/c1-9-10(2)15(7-13-8-16-13)11(3)14(9)6-12-4-5-12;/h12-13H,4-8H2,1-3H3;1H3/q+1;-1. The van der Waals surface area contributed by atoms with Crippen LogP contribution in [0.25, 0.3) is 0 Å². The van der Waals surface area contributed by atoms with Crippen molar-refractivity contribution in [2.45, 2.75) is 52.8 Å². The molecule has 0 N–H and O–H groups in total. The third-order valence-corrected chi connectivity index (χ3v) is 4.04. The van der Waals surface area contributed by atoms with Gasteiger partial charge in [0.25, 0.3) is 5.82 Å². The molecule has 0 spiro atoms. The lowest BCUT2D eigenvalue weighted by molar-refractivity contribution is -0.711. The van der Waals surface area contributed by atoms with E-state index in [0.29, 0.717) is 6.10 Å². The quantitative estimate of drug-likeness (QED) is 0.445. The highest BCUT2D eigenvalue weighted by Gasteiger charge is 2.33. The van der Waals surface area contributed by atoms with Crippen LogP contribution in [0.4, 0.5) is 0 Å². The summed E-state index contributed by atoms with van der Waals surface area (Å²) in [5.41, 5.74) is 2.85. The molecule has 0 radical (unpaired) electrons. The summed E-state index contributed by atoms with van der Waals surface area (Å²) in [5, 5.41) is 0. The lowest BCUT2D eigenvalue weighted by atomic mass is 10.3. The van der Waals surface area contributed by atoms with E-state index >= 15 is 0 Å². The lowest BCUT2D eigenvalue weighted by Crippen LogP contribution is -2.39. The molecule has 1 saturated carbocycles. The van der Waals surface area contributed by atoms with Crippen molar-refractivity contribution in [2.24, 2.45) is 5.92 Å². The third kappa shape index (κ3) is 2.39. The maximum Gasteiger partial charge on any atom is 0.253 e. The molecule has 2 aliphatic rings. The van der Waals surface area contributed by atoms with Crippen LogP contribution in [0.1, 0.15) is 30.1 Å². The number of epoxide rings is 1. The Balaban J connectivity index is 0.00000108. The van der Waals surface area contributed by atoms with Gasteiger partial charge >= 0.3 is 0 Å². The maximum atomic E-state index is 5.33. The molecule has 1 unspecified atom stereocenters. The number of rotatable bonds is 4. The van der Waals surface area contributed by atoms with Gasteiger partial charge in [-0.1, -0.05) is 0 Å². The average molecular weight is 236 g/mol. The smallest absolute Gasteiger partial charge is 0.253 e. The van der Waals surface area contributed by atoms with Gasteiger partial charge in [0, 0.05) is 20.8 Å². The highest BCUT2D eigenvalue weighted by Crippen LogP contribution is 2.29. The van der Waals surface area contributed by atoms with Gasteiger partial charge in [0.1, 0.15) is 24.0 Å². The van der Waals surface area contributed by atoms with Crippen molar-refractivity contribution in [3.05, 3.63) is 24.6 Å². The SMILES string of the molecule is Cc1c(C)[n+](CC2CC2)c(C)n1CC1CO1.[CH3-]. The van der Waals surface area contributed by atoms with Gasteiger partial charge < -0.3 is 12.2 Å². The lowest BCUT2D eigenvalue weighted by Gasteiger charge is -1.99. The third-order valence-electron chi connectivity index (χ3n) is 4.04. The molecule has 0 bridgehead atoms. The van der Waals surface area contributed by atoms with Crippen LogP contribution < -0.4 is 4.57 Å². The molecular formula is C14H24N2O. The zero-order chi connectivity index (χ0) is 11.3. The summed E-state index contributed by atoms with van der Waals surface area (Å²) in [5.74, 6) is 2.34. The summed E-state index contributed by atoms with van der Waals surface area (Å²) in [6.07, 6.45) is 3.31. The summed E-state index contributed by atoms with van der Waals surface area (Å²) in [6, 6.07) is 0. The van der Waals surface area contributed by atoms with E-state index in [2.05, 4.69) is 29.9 Å². The highest BCUT2D eigenvalue weighted by molar-refractivity contribution is 5.07. The molecule has 17 heavy (non-hydrogen) atoms. The first-order chi connectivity index (χ1) is 7.66. The molecule has 0 aromatic carbocycles. The van der Waals surface area contributed by atoms with E-state index < -0.39 is 0 Å². The largest absolute Gasteiger partial charge is 0.369 e. The van der Waals surface area contributed by atoms with Crippen LogP contribution in [-0.2, 0) is 17.8 Å². The second-order valence-electron chi connectivity index (χ2n) is 5.34. The molecule has 3 heteroatoms. The van der Waals surface area contributed by atoms with Gasteiger partial charge in [-0.05, 0) is 18.8 Å². The van der Waals surface area contributed by atoms with Crippen molar-refractivity contribution >= 4 is 0 Å². The first kappa shape index (κ1) is 12.6. The minimum Gasteiger partial charge on any atom is -0.369 e. The van der Waals surface area contributed by atoms with Gasteiger partial charge in [-0.25, -0.2) is 9.13 Å². The van der Waals surface area contributed by atoms with Gasteiger partial charge in [-0.15, -0.1) is 0 Å². The van der Waals surface area contributed by atoms with Crippen molar-refractivity contribution < 1.29 is 9.30 Å². The molecular weight excluding hydrogens is 212 g/mol. The molecule has 3 rings (SSSR count). The number of hydrogen-bond donors (Lipinski definition) is 0. The number of hydrogen-bond acceptors (Lipinski definition) is 1. The molecule has 2 heterocycles. The van der Waals surface area contributed by atoms with E-state index in [1.165, 1.54) is 36.6 Å². The van der Waals surface area contributed by atoms with Gasteiger partial charge in [0.15, 0.2) is 0 Å². The van der Waals surface area contributed by atoms with E-state index in [1.807, 2.05) is 0 Å². The fourth-order valence-electron chi connectivity index (χ4n) is 2.50. The predicted octanol–water partition coefficient (Wildman–Crippen LogP) is 1.96. The Morgan fingerprint density at radius 1 is 1.29 bits per heavy atom. The van der Waals surface area contributed by atoms with E-state index in [1.54, 1.807) is 0 Å². The Kier molecular flexibility index (Phi) is 3.30. The molecule has 1 aromatic heterocycles. The van der Waals surface area contributed by atoms with Crippen molar-refractivity contribution in [3.8, 4) is 0 Å². The van der Waals surface area contributed by atoms with E-state index in [0.717, 1.165) is 19.1 Å². The van der Waals surface area contributed by atoms with Crippen LogP contribution in [-0.4, -0.2) is 17.3 Å². The Bertz CT molecular complexity index is 377. The van der Waals surface area contributed by atoms with Crippen molar-refractivity contribution in [2.75, 3.05) is 6.61 Å². The molecule has 1 aliphatic heterocycles. The summed E-state index contributed by atoms with van der Waals surface area (Å²) in [4.78, 5) is 0. The number of imidazole rings is 1. The van der Waals surface area contributed by atoms with E-state index in [9.17, 15) is 0 Å². The molecule has 1 aromatic rings. The average Bonchev–Trinajstić information content (AvgIpc) is 3.12. The van der Waals surface area contributed by atoms with Crippen LogP contribution >= 0.6 is 0 Å². The molecule has 96 valence electrons. The van der Waals surface area contributed by atoms with Crippen LogP contribution in [0.15, 0.2) is 0 Å². The number of aromatic nitrogens is 2. The van der Waals surface area contributed by atoms with Crippen LogP contribution in [0.5, 0.6) is 0 Å². The Morgan fingerprint density at radius 2 is 1.94 bits per heavy atom. The molecule has 0 amide bonds. The topological polar surface area (TPSA) is 21.3 Å². The van der Waals surface area contributed by atoms with Crippen LogP contribution in [0.3, 0.4) is 0 Å². The number of nitrogens with zero attached hydrogens (tertiary/aromatic N) is 2. The normalized spacial score (nSPS) is 22.4. The minimum absolute atomic E-state index is 0. The molecule has 1 saturated heterocycles. The maximum absolute atomic E-state index is 5.33. The zero-order valence-corrected chi connectivity index (χ0v) is 11.5. The van der Waals surface area contributed by atoms with Crippen LogP contribution in [0.2, 0.25) is 0 Å². The Morgan fingerprint density at radius 3 is 2.47 bits per heavy atom. The van der Waals surface area contributed by atoms with Gasteiger partial charge in [0.2, 0.25) is 0 Å². The van der Waals surface area contributed by atoms with Crippen molar-refractivity contribution in [3.63, 3.8) is 0 Å². The summed E-state index contributed by atoms with van der Waals surface area (Å²) in [7, 11) is 0. The predicted molar refractivity (Wildman–Crippen MR) is 67.7 cm³/mol. The van der Waals surface area contributed by atoms with E-state index in [-0.39, 0.29) is 7.43 Å². The van der Waals surface area contributed by atoms with Gasteiger partial charge in [-0.2, -0.15) is 0 Å². The minimum atomic E-state index is 0. The second-order valence-corrected chi connectivity index (χ2v) is 5.34. The van der Waals surface area contributed by atoms with Crippen LogP contribution in [0, 0.1) is 34.1 Å². The summed E-state index contributed by atoms with van der Waals surface area (Å²) in [6.45, 7) is 9.92. The Labute approximate surface area is 104 Å². The van der Waals surface area contributed by atoms with Gasteiger partial charge in [0.05, 0.1) is 13.2 Å². The fourth-order valence-corrected chi connectivity index (χ4v) is 2.50. The second kappa shape index (κ2) is 4.45. The molecule has 3 nitrogen and oxygen atoms in total.